The van der Waals surface area contributed by atoms with Gasteiger partial charge in [0.1, 0.15) is 11.8 Å². The number of phenolic OH excluding ortho intramolecular Hbond substituents is 1. The first kappa shape index (κ1) is 62.2. The fourth-order valence-corrected chi connectivity index (χ4v) is 4.21. The molecule has 0 saturated carbocycles. The lowest BCUT2D eigenvalue weighted by molar-refractivity contribution is -0.193. The van der Waals surface area contributed by atoms with Gasteiger partial charge in [-0.2, -0.15) is 39.5 Å². The second-order valence-electron chi connectivity index (χ2n) is 12.9. The topological polar surface area (TPSA) is 365 Å². The molecule has 0 bridgehead atoms. The Balaban J connectivity index is -0.00000144. The van der Waals surface area contributed by atoms with Crippen molar-refractivity contribution in [2.75, 3.05) is 32.7 Å². The number of nitrogens with two attached hydrogens (primary N) is 4. The van der Waals surface area contributed by atoms with E-state index >= 15 is 0 Å². The minimum atomic E-state index is -5.08. The molecule has 0 aromatic heterocycles. The van der Waals surface area contributed by atoms with Gasteiger partial charge < -0.3 is 64.6 Å². The molecule has 368 valence electrons. The zero-order valence-corrected chi connectivity index (χ0v) is 34.1. The van der Waals surface area contributed by atoms with Gasteiger partial charge in [0, 0.05) is 25.2 Å². The van der Waals surface area contributed by atoms with Crippen LogP contribution < -0.4 is 44.2 Å². The lowest BCUT2D eigenvalue weighted by Crippen LogP contribution is -2.49. The van der Waals surface area contributed by atoms with Crippen LogP contribution >= 0.6 is 0 Å². The third-order valence-electron chi connectivity index (χ3n) is 7.36. The molecule has 1 rings (SSSR count). The Morgan fingerprint density at radius 1 is 0.625 bits per heavy atom. The molecule has 4 amide bonds. The summed E-state index contributed by atoms with van der Waals surface area (Å²) in [4.78, 5) is 78.7. The molecule has 0 heterocycles. The number of carboxylic acid groups (broad SMARTS) is 3. The number of amides is 4. The number of aromatic hydroxyl groups is 1. The highest BCUT2D eigenvalue weighted by atomic mass is 19.4. The van der Waals surface area contributed by atoms with E-state index in [4.69, 9.17) is 52.6 Å². The van der Waals surface area contributed by atoms with Crippen LogP contribution in [-0.4, -0.2) is 131 Å². The number of primary amides is 1. The van der Waals surface area contributed by atoms with Crippen molar-refractivity contribution in [1.29, 1.82) is 0 Å². The van der Waals surface area contributed by atoms with Crippen molar-refractivity contribution in [1.82, 2.24) is 21.3 Å². The Hall–Kier alpha value is -6.13. The highest BCUT2D eigenvalue weighted by Gasteiger charge is 2.39. The van der Waals surface area contributed by atoms with Gasteiger partial charge >= 0.3 is 36.4 Å². The zero-order chi connectivity index (χ0) is 50.1. The van der Waals surface area contributed by atoms with Crippen molar-refractivity contribution in [3.8, 4) is 5.75 Å². The maximum Gasteiger partial charge on any atom is 0.490 e. The van der Waals surface area contributed by atoms with E-state index in [0.29, 0.717) is 31.6 Å². The standard InChI is InChI=1S/C29H51N9O5.3C2HF3O2/c30-22(13-18-37-29(32)33)27(42)35-16-10-4-8-15-34-14-7-2-1-3-9-17-36-28(43)23(20-25(31)40)38-26(41)19-21-11-5-6-12-24(21)39;3*3-2(4,5)1(6)7/h5-6,11-12,22-23,34,39H,1-4,7-10,13-20,30H2,(H2,31,40)(H,35,42)(H,36,43)(H,38,41)(H4,32,33,37);3*(H,6,7)/t22-,23-;;;/m0.../s1. The smallest absolute Gasteiger partial charge is 0.490 e. The number of nitrogens with one attached hydrogen (secondary N) is 4. The molecule has 1 aromatic carbocycles. The van der Waals surface area contributed by atoms with Gasteiger partial charge in [-0.15, -0.1) is 0 Å². The van der Waals surface area contributed by atoms with Crippen LogP contribution in [-0.2, 0) is 40.0 Å². The number of guanidine groups is 1. The Morgan fingerprint density at radius 2 is 1.02 bits per heavy atom. The van der Waals surface area contributed by atoms with Crippen LogP contribution in [0, 0.1) is 0 Å². The summed E-state index contributed by atoms with van der Waals surface area (Å²) in [6.07, 6.45) is -7.47. The van der Waals surface area contributed by atoms with E-state index in [2.05, 4.69) is 26.3 Å². The number of benzene rings is 1. The van der Waals surface area contributed by atoms with Crippen LogP contribution in [0.2, 0.25) is 0 Å². The molecule has 0 aliphatic carbocycles. The van der Waals surface area contributed by atoms with Gasteiger partial charge in [-0.25, -0.2) is 14.4 Å². The number of hydrogen-bond acceptors (Lipinski definition) is 11. The number of para-hydroxylation sites is 1. The van der Waals surface area contributed by atoms with Crippen molar-refractivity contribution in [3.05, 3.63) is 29.8 Å². The highest BCUT2D eigenvalue weighted by Crippen LogP contribution is 2.17. The molecule has 0 saturated heterocycles. The number of carbonyl (C=O) groups excluding carboxylic acids is 4. The molecule has 20 nitrogen and oxygen atoms in total. The molecule has 0 aliphatic rings. The normalized spacial score (nSPS) is 11.8. The van der Waals surface area contributed by atoms with Gasteiger partial charge in [0.25, 0.3) is 0 Å². The van der Waals surface area contributed by atoms with E-state index in [1.54, 1.807) is 18.2 Å². The predicted molar refractivity (Wildman–Crippen MR) is 208 cm³/mol. The molecular weight excluding hydrogens is 893 g/mol. The van der Waals surface area contributed by atoms with Crippen LogP contribution in [0.3, 0.4) is 0 Å². The molecule has 0 radical (unpaired) electrons. The second-order valence-corrected chi connectivity index (χ2v) is 12.9. The third kappa shape index (κ3) is 37.6. The average Bonchev–Trinajstić information content (AvgIpc) is 3.16. The monoisotopic (exact) mass is 947 g/mol. The molecule has 0 fully saturated rings. The maximum atomic E-state index is 12.5. The number of aliphatic carboxylic acids is 3. The number of carbonyl (C=O) groups is 7. The van der Waals surface area contributed by atoms with Crippen molar-refractivity contribution >= 4 is 47.5 Å². The van der Waals surface area contributed by atoms with Crippen molar-refractivity contribution in [3.63, 3.8) is 0 Å². The van der Waals surface area contributed by atoms with Gasteiger partial charge in [0.2, 0.25) is 23.6 Å². The number of carboxylic acids is 3. The molecule has 0 unspecified atom stereocenters. The van der Waals surface area contributed by atoms with Crippen molar-refractivity contribution < 1.29 is 93.5 Å². The fraction of sp³-hybridized carbons (Fsp3) is 0.600. The van der Waals surface area contributed by atoms with E-state index < -0.39 is 66.2 Å². The molecule has 29 heteroatoms. The summed E-state index contributed by atoms with van der Waals surface area (Å²) in [5, 5.41) is 42.8. The molecule has 1 aromatic rings. The summed E-state index contributed by atoms with van der Waals surface area (Å²) in [5.74, 6) is -10.1. The Labute approximate surface area is 359 Å². The first-order valence-electron chi connectivity index (χ1n) is 18.7. The highest BCUT2D eigenvalue weighted by molar-refractivity contribution is 5.92. The SMILES string of the molecule is NC(=O)C[C@H](NC(=O)Cc1ccccc1O)C(=O)NCCCCCCCNCCCCCNC(=O)[C@@H](N)CCN=C(N)N.O=C(O)C(F)(F)F.O=C(O)C(F)(F)F.O=C(O)C(F)(F)F. The minimum absolute atomic E-state index is 0.0118. The van der Waals surface area contributed by atoms with Gasteiger partial charge in [0.05, 0.1) is 18.9 Å². The first-order chi connectivity index (χ1) is 29.4. The molecule has 0 spiro atoms. The van der Waals surface area contributed by atoms with Crippen LogP contribution in [0.4, 0.5) is 39.5 Å². The summed E-state index contributed by atoms with van der Waals surface area (Å²) >= 11 is 0. The Morgan fingerprint density at radius 3 is 1.42 bits per heavy atom. The number of phenols is 1. The second kappa shape index (κ2) is 33.4. The zero-order valence-electron chi connectivity index (χ0n) is 34.1. The first-order valence-corrected chi connectivity index (χ1v) is 18.7. The predicted octanol–water partition coefficient (Wildman–Crippen LogP) is 1.13. The van der Waals surface area contributed by atoms with E-state index in [-0.39, 0.29) is 30.5 Å². The number of alkyl halides is 9. The van der Waals surface area contributed by atoms with Crippen molar-refractivity contribution in [2.24, 2.45) is 27.9 Å². The summed E-state index contributed by atoms with van der Waals surface area (Å²) in [5.41, 5.74) is 22.0. The van der Waals surface area contributed by atoms with E-state index in [1.807, 2.05) is 0 Å². The quantitative estimate of drug-likeness (QED) is 0.0299. The molecule has 16 N–H and O–H groups in total. The largest absolute Gasteiger partial charge is 0.508 e. The van der Waals surface area contributed by atoms with Gasteiger partial charge in [0.15, 0.2) is 5.96 Å². The molecule has 0 aliphatic heterocycles. The number of aliphatic imine (C=N–C) groups is 1. The molecule has 2 atom stereocenters. The number of nitrogens with zero attached hydrogens (tertiary/aromatic N) is 1. The summed E-state index contributed by atoms with van der Waals surface area (Å²) in [6.45, 7) is 3.22. The fourth-order valence-electron chi connectivity index (χ4n) is 4.21. The summed E-state index contributed by atoms with van der Waals surface area (Å²) in [6, 6.07) is 4.74. The number of unbranched alkanes of at least 4 members (excludes halogenated alkanes) is 6. The summed E-state index contributed by atoms with van der Waals surface area (Å²) in [7, 11) is 0. The van der Waals surface area contributed by atoms with Crippen LogP contribution in [0.1, 0.15) is 69.8 Å². The average molecular weight is 948 g/mol. The minimum Gasteiger partial charge on any atom is -0.508 e. The molecule has 64 heavy (non-hydrogen) atoms. The van der Waals surface area contributed by atoms with Crippen LogP contribution in [0.15, 0.2) is 29.3 Å². The Bertz CT molecular complexity index is 1560. The van der Waals surface area contributed by atoms with E-state index in [9.17, 15) is 63.8 Å². The maximum absolute atomic E-state index is 12.5. The lowest BCUT2D eigenvalue weighted by Gasteiger charge is -2.17. The number of hydrogen-bond donors (Lipinski definition) is 12. The lowest BCUT2D eigenvalue weighted by atomic mass is 10.1. The van der Waals surface area contributed by atoms with Gasteiger partial charge in [-0.3, -0.25) is 24.2 Å². The summed E-state index contributed by atoms with van der Waals surface area (Å²) < 4.78 is 95.2. The third-order valence-corrected chi connectivity index (χ3v) is 7.36. The van der Waals surface area contributed by atoms with Gasteiger partial charge in [-0.05, 0) is 51.3 Å². The van der Waals surface area contributed by atoms with E-state index in [1.165, 1.54) is 6.07 Å². The van der Waals surface area contributed by atoms with Gasteiger partial charge in [-0.1, -0.05) is 43.9 Å². The number of halogens is 9. The van der Waals surface area contributed by atoms with Crippen LogP contribution in [0.5, 0.6) is 5.75 Å². The van der Waals surface area contributed by atoms with Crippen LogP contribution in [0.25, 0.3) is 0 Å². The van der Waals surface area contributed by atoms with Crippen molar-refractivity contribution in [2.45, 2.75) is 101 Å². The van der Waals surface area contributed by atoms with E-state index in [0.717, 1.165) is 64.5 Å². The Kier molecular flexibility index (Phi) is 32.5. The molecular formula is C35H54F9N9O11. The number of rotatable bonds is 24.